The summed E-state index contributed by atoms with van der Waals surface area (Å²) in [6.07, 6.45) is 0. The summed E-state index contributed by atoms with van der Waals surface area (Å²) in [5, 5.41) is 2.87. The number of rotatable bonds is 5. The highest BCUT2D eigenvalue weighted by atomic mass is 35.5. The molecule has 0 saturated carbocycles. The molecule has 1 N–H and O–H groups in total. The van der Waals surface area contributed by atoms with E-state index < -0.39 is 21.5 Å². The molecule has 0 aliphatic carbocycles. The number of likely N-dealkylation sites (N-methyl/N-ethyl adjacent to an activating group) is 1. The van der Waals surface area contributed by atoms with Crippen LogP contribution in [0.1, 0.15) is 31.1 Å². The highest BCUT2D eigenvalue weighted by Crippen LogP contribution is 2.23. The minimum atomic E-state index is -3.70. The van der Waals surface area contributed by atoms with Crippen LogP contribution in [0.2, 0.25) is 5.02 Å². The maximum atomic E-state index is 12.6. The Morgan fingerprint density at radius 2 is 1.72 bits per heavy atom. The Bertz CT molecular complexity index is 770. The van der Waals surface area contributed by atoms with Crippen LogP contribution in [0, 0.1) is 0 Å². The van der Waals surface area contributed by atoms with Crippen molar-refractivity contribution < 1.29 is 18.0 Å². The quantitative estimate of drug-likeness (QED) is 0.828. The molecule has 1 rings (SSSR count). The smallest absolute Gasteiger partial charge is 0.255 e. The Labute approximate surface area is 154 Å². The molecule has 0 bridgehead atoms. The Morgan fingerprint density at radius 1 is 1.16 bits per heavy atom. The highest BCUT2D eigenvalue weighted by Gasteiger charge is 2.24. The molecule has 0 atom stereocenters. The van der Waals surface area contributed by atoms with Gasteiger partial charge in [0.1, 0.15) is 0 Å². The maximum Gasteiger partial charge on any atom is 0.255 e. The van der Waals surface area contributed by atoms with Gasteiger partial charge in [-0.25, -0.2) is 12.7 Å². The monoisotopic (exact) mass is 389 g/mol. The standard InChI is InChI=1S/C16H24ClN3O4S/c1-16(2,3)18-14(21)10-20(6)15(22)12-9-11(7-8-13(12)17)25(23,24)19(4)5/h7-9H,10H2,1-6H3,(H,18,21). The number of sulfonamides is 1. The van der Waals surface area contributed by atoms with Gasteiger partial charge in [0.15, 0.2) is 0 Å². The van der Waals surface area contributed by atoms with Crippen molar-refractivity contribution >= 4 is 33.4 Å². The topological polar surface area (TPSA) is 86.8 Å². The predicted octanol–water partition coefficient (Wildman–Crippen LogP) is 1.58. The van der Waals surface area contributed by atoms with Gasteiger partial charge in [-0.15, -0.1) is 0 Å². The molecule has 9 heteroatoms. The molecular formula is C16H24ClN3O4S. The van der Waals surface area contributed by atoms with Crippen molar-refractivity contribution in [1.29, 1.82) is 0 Å². The third-order valence-electron chi connectivity index (χ3n) is 3.19. The molecule has 0 aliphatic rings. The predicted molar refractivity (Wildman–Crippen MR) is 97.2 cm³/mol. The fourth-order valence-electron chi connectivity index (χ4n) is 1.99. The number of hydrogen-bond acceptors (Lipinski definition) is 4. The van der Waals surface area contributed by atoms with Crippen LogP contribution in [0.3, 0.4) is 0 Å². The second-order valence-corrected chi connectivity index (χ2v) is 9.45. The fraction of sp³-hybridized carbons (Fsp3) is 0.500. The van der Waals surface area contributed by atoms with Crippen molar-refractivity contribution in [3.8, 4) is 0 Å². The van der Waals surface area contributed by atoms with E-state index in [1.54, 1.807) is 0 Å². The number of amides is 2. The van der Waals surface area contributed by atoms with Gasteiger partial charge in [-0.1, -0.05) is 11.6 Å². The molecule has 2 amide bonds. The minimum absolute atomic E-state index is 0.0238. The second kappa shape index (κ2) is 7.72. The first-order chi connectivity index (χ1) is 11.3. The first kappa shape index (κ1) is 21.4. The Kier molecular flexibility index (Phi) is 6.61. The van der Waals surface area contributed by atoms with Gasteiger partial charge >= 0.3 is 0 Å². The molecular weight excluding hydrogens is 366 g/mol. The molecule has 0 aromatic heterocycles. The van der Waals surface area contributed by atoms with Crippen LogP contribution < -0.4 is 5.32 Å². The van der Waals surface area contributed by atoms with Crippen LogP contribution in [-0.2, 0) is 14.8 Å². The van der Waals surface area contributed by atoms with Crippen LogP contribution in [0.5, 0.6) is 0 Å². The van der Waals surface area contributed by atoms with Crippen LogP contribution in [-0.4, -0.2) is 62.7 Å². The molecule has 0 saturated heterocycles. The molecule has 0 radical (unpaired) electrons. The molecule has 7 nitrogen and oxygen atoms in total. The van der Waals surface area contributed by atoms with Gasteiger partial charge in [-0.3, -0.25) is 9.59 Å². The lowest BCUT2D eigenvalue weighted by Crippen LogP contribution is -2.46. The lowest BCUT2D eigenvalue weighted by atomic mass is 10.1. The minimum Gasteiger partial charge on any atom is -0.350 e. The van der Waals surface area contributed by atoms with E-state index >= 15 is 0 Å². The molecule has 0 fully saturated rings. The van der Waals surface area contributed by atoms with Crippen molar-refractivity contribution in [3.63, 3.8) is 0 Å². The molecule has 140 valence electrons. The average Bonchev–Trinajstić information content (AvgIpc) is 2.44. The number of benzene rings is 1. The Balaban J connectivity index is 3.07. The van der Waals surface area contributed by atoms with E-state index in [1.807, 2.05) is 20.8 Å². The van der Waals surface area contributed by atoms with E-state index in [1.165, 1.54) is 44.2 Å². The molecule has 1 aromatic carbocycles. The fourth-order valence-corrected chi connectivity index (χ4v) is 3.12. The first-order valence-corrected chi connectivity index (χ1v) is 9.36. The van der Waals surface area contributed by atoms with E-state index in [2.05, 4.69) is 5.32 Å². The van der Waals surface area contributed by atoms with Gasteiger partial charge < -0.3 is 10.2 Å². The lowest BCUT2D eigenvalue weighted by Gasteiger charge is -2.23. The average molecular weight is 390 g/mol. The van der Waals surface area contributed by atoms with Crippen LogP contribution in [0.15, 0.2) is 23.1 Å². The number of nitrogens with zero attached hydrogens (tertiary/aromatic N) is 2. The van der Waals surface area contributed by atoms with E-state index in [9.17, 15) is 18.0 Å². The highest BCUT2D eigenvalue weighted by molar-refractivity contribution is 7.89. The van der Waals surface area contributed by atoms with E-state index in [4.69, 9.17) is 11.6 Å². The summed E-state index contributed by atoms with van der Waals surface area (Å²) < 4.78 is 25.5. The van der Waals surface area contributed by atoms with Gasteiger partial charge in [-0.05, 0) is 39.0 Å². The number of carbonyl (C=O) groups excluding carboxylic acids is 2. The van der Waals surface area contributed by atoms with Gasteiger partial charge in [-0.2, -0.15) is 0 Å². The summed E-state index contributed by atoms with van der Waals surface area (Å²) in [6.45, 7) is 5.33. The van der Waals surface area contributed by atoms with E-state index in [0.717, 1.165) is 4.31 Å². The van der Waals surface area contributed by atoms with Crippen LogP contribution in [0.25, 0.3) is 0 Å². The van der Waals surface area contributed by atoms with Gasteiger partial charge in [0.2, 0.25) is 15.9 Å². The summed E-state index contributed by atoms with van der Waals surface area (Å²) >= 11 is 6.05. The van der Waals surface area contributed by atoms with Crippen molar-refractivity contribution in [2.24, 2.45) is 0 Å². The largest absolute Gasteiger partial charge is 0.350 e. The zero-order valence-electron chi connectivity index (χ0n) is 15.3. The number of nitrogens with one attached hydrogen (secondary N) is 1. The third kappa shape index (κ3) is 5.69. The van der Waals surface area contributed by atoms with E-state index in [0.29, 0.717) is 0 Å². The van der Waals surface area contributed by atoms with E-state index in [-0.39, 0.29) is 27.9 Å². The summed E-state index contributed by atoms with van der Waals surface area (Å²) in [5.74, 6) is -0.860. The van der Waals surface area contributed by atoms with Gasteiger partial charge in [0.05, 0.1) is 22.0 Å². The van der Waals surface area contributed by atoms with Crippen LogP contribution in [0.4, 0.5) is 0 Å². The van der Waals surface area contributed by atoms with Crippen molar-refractivity contribution in [3.05, 3.63) is 28.8 Å². The normalized spacial score (nSPS) is 12.2. The first-order valence-electron chi connectivity index (χ1n) is 7.54. The molecule has 0 heterocycles. The second-order valence-electron chi connectivity index (χ2n) is 6.89. The maximum absolute atomic E-state index is 12.6. The number of halogens is 1. The summed E-state index contributed by atoms with van der Waals surface area (Å²) in [4.78, 5) is 25.7. The summed E-state index contributed by atoms with van der Waals surface area (Å²) in [5.41, 5.74) is -0.395. The molecule has 0 spiro atoms. The lowest BCUT2D eigenvalue weighted by molar-refractivity contribution is -0.122. The molecule has 0 unspecified atom stereocenters. The Morgan fingerprint density at radius 3 is 2.20 bits per heavy atom. The Hall–Kier alpha value is -1.64. The summed E-state index contributed by atoms with van der Waals surface area (Å²) in [7, 11) is 0.549. The zero-order chi connectivity index (χ0) is 19.6. The molecule has 0 aliphatic heterocycles. The zero-order valence-corrected chi connectivity index (χ0v) is 16.8. The van der Waals surface area contributed by atoms with Crippen molar-refractivity contribution in [2.45, 2.75) is 31.2 Å². The van der Waals surface area contributed by atoms with Crippen molar-refractivity contribution in [2.75, 3.05) is 27.7 Å². The van der Waals surface area contributed by atoms with Gasteiger partial charge in [0, 0.05) is 26.7 Å². The number of hydrogen-bond donors (Lipinski definition) is 1. The number of carbonyl (C=O) groups is 2. The molecule has 25 heavy (non-hydrogen) atoms. The van der Waals surface area contributed by atoms with Crippen molar-refractivity contribution in [1.82, 2.24) is 14.5 Å². The SMILES string of the molecule is CN(CC(=O)NC(C)(C)C)C(=O)c1cc(S(=O)(=O)N(C)C)ccc1Cl. The third-order valence-corrected chi connectivity index (χ3v) is 5.33. The van der Waals surface area contributed by atoms with Crippen LogP contribution >= 0.6 is 11.6 Å². The molecule has 1 aromatic rings. The van der Waals surface area contributed by atoms with Gasteiger partial charge in [0.25, 0.3) is 5.91 Å². The summed E-state index contributed by atoms with van der Waals surface area (Å²) in [6, 6.07) is 3.91.